The number of hydrogen-bond acceptors (Lipinski definition) is 4. The van der Waals surface area contributed by atoms with E-state index in [1.165, 1.54) is 10.4 Å². The fourth-order valence-electron chi connectivity index (χ4n) is 3.10. The Kier molecular flexibility index (Phi) is 6.74. The number of piperidine rings is 1. The number of rotatable bonds is 6. The van der Waals surface area contributed by atoms with Crippen molar-refractivity contribution in [2.75, 3.05) is 25.0 Å². The summed E-state index contributed by atoms with van der Waals surface area (Å²) in [6.07, 6.45) is 2.81. The Bertz CT molecular complexity index is 956. The van der Waals surface area contributed by atoms with Gasteiger partial charge in [-0.25, -0.2) is 8.42 Å². The van der Waals surface area contributed by atoms with Gasteiger partial charge < -0.3 is 10.1 Å². The largest absolute Gasteiger partial charge is 0.483 e. The van der Waals surface area contributed by atoms with Gasteiger partial charge in [0.2, 0.25) is 10.0 Å². The predicted octanol–water partition coefficient (Wildman–Crippen LogP) is 3.95. The van der Waals surface area contributed by atoms with Gasteiger partial charge >= 0.3 is 0 Å². The molecule has 1 saturated heterocycles. The summed E-state index contributed by atoms with van der Waals surface area (Å²) in [7, 11) is -3.57. The van der Waals surface area contributed by atoms with Crippen LogP contribution >= 0.6 is 15.9 Å². The summed E-state index contributed by atoms with van der Waals surface area (Å²) < 4.78 is 33.7. The van der Waals surface area contributed by atoms with Gasteiger partial charge in [-0.2, -0.15) is 4.31 Å². The highest BCUT2D eigenvalue weighted by molar-refractivity contribution is 9.10. The molecule has 0 aliphatic carbocycles. The Morgan fingerprint density at radius 2 is 1.86 bits per heavy atom. The van der Waals surface area contributed by atoms with Crippen molar-refractivity contribution >= 4 is 37.5 Å². The quantitative estimate of drug-likeness (QED) is 0.698. The van der Waals surface area contributed by atoms with Crippen LogP contribution in [0.2, 0.25) is 0 Å². The minimum atomic E-state index is -3.57. The molecule has 2 aromatic carbocycles. The first kappa shape index (κ1) is 20.8. The summed E-state index contributed by atoms with van der Waals surface area (Å²) in [6, 6.07) is 12.2. The summed E-state index contributed by atoms with van der Waals surface area (Å²) in [5, 5.41) is 2.71. The first-order valence-electron chi connectivity index (χ1n) is 9.16. The van der Waals surface area contributed by atoms with E-state index in [1.54, 1.807) is 25.1 Å². The molecule has 8 heteroatoms. The number of ether oxygens (including phenoxy) is 1. The molecule has 28 heavy (non-hydrogen) atoms. The topological polar surface area (TPSA) is 75.7 Å². The second-order valence-electron chi connectivity index (χ2n) is 6.71. The smallest absolute Gasteiger partial charge is 0.262 e. The zero-order chi connectivity index (χ0) is 20.1. The molecule has 1 aliphatic rings. The Morgan fingerprint density at radius 1 is 1.14 bits per heavy atom. The van der Waals surface area contributed by atoms with Crippen LogP contribution in [0.5, 0.6) is 5.75 Å². The molecule has 0 saturated carbocycles. The number of anilines is 1. The van der Waals surface area contributed by atoms with Gasteiger partial charge in [-0.3, -0.25) is 4.79 Å². The molecule has 0 aromatic heterocycles. The first-order chi connectivity index (χ1) is 13.4. The maximum absolute atomic E-state index is 13.0. The lowest BCUT2D eigenvalue weighted by Crippen LogP contribution is -2.36. The Morgan fingerprint density at radius 3 is 2.57 bits per heavy atom. The van der Waals surface area contributed by atoms with Crippen LogP contribution in [0.4, 0.5) is 5.69 Å². The number of para-hydroxylation sites is 1. The summed E-state index contributed by atoms with van der Waals surface area (Å²) in [5.74, 6) is 0.204. The molecule has 6 nitrogen and oxygen atoms in total. The van der Waals surface area contributed by atoms with Crippen LogP contribution < -0.4 is 10.1 Å². The second-order valence-corrected chi connectivity index (χ2v) is 9.47. The highest BCUT2D eigenvalue weighted by Crippen LogP contribution is 2.26. The maximum atomic E-state index is 13.0. The number of benzene rings is 2. The molecular weight excluding hydrogens is 444 g/mol. The number of sulfonamides is 1. The molecule has 2 aromatic rings. The van der Waals surface area contributed by atoms with Gasteiger partial charge in [0, 0.05) is 18.8 Å². The molecule has 0 radical (unpaired) electrons. The Balaban J connectivity index is 1.70. The van der Waals surface area contributed by atoms with Gasteiger partial charge in [0.25, 0.3) is 5.91 Å². The molecule has 0 bridgehead atoms. The zero-order valence-electron chi connectivity index (χ0n) is 15.7. The molecule has 3 rings (SSSR count). The van der Waals surface area contributed by atoms with Crippen molar-refractivity contribution in [1.29, 1.82) is 0 Å². The fourth-order valence-corrected chi connectivity index (χ4v) is 5.27. The number of amides is 1. The lowest BCUT2D eigenvalue weighted by atomic mass is 10.2. The Hall–Kier alpha value is -1.90. The van der Waals surface area contributed by atoms with Crippen molar-refractivity contribution in [3.05, 3.63) is 52.5 Å². The number of aryl methyl sites for hydroxylation is 1. The number of nitrogens with one attached hydrogen (secondary N) is 1. The second kappa shape index (κ2) is 9.07. The van der Waals surface area contributed by atoms with Crippen molar-refractivity contribution in [1.82, 2.24) is 4.31 Å². The van der Waals surface area contributed by atoms with E-state index in [0.717, 1.165) is 23.7 Å². The third-order valence-electron chi connectivity index (χ3n) is 4.60. The standard InChI is InChI=1S/C20H23BrN2O4S/c1-15-9-10-16(13-19(15)28(25,26)23-11-5-2-6-12-23)22-20(24)14-27-18-8-4-3-7-17(18)21/h3-4,7-10,13H,2,5-6,11-12,14H2,1H3,(H,22,24). The van der Waals surface area contributed by atoms with E-state index < -0.39 is 10.0 Å². The monoisotopic (exact) mass is 466 g/mol. The van der Waals surface area contributed by atoms with Crippen LogP contribution in [-0.4, -0.2) is 38.3 Å². The van der Waals surface area contributed by atoms with Crippen molar-refractivity contribution < 1.29 is 17.9 Å². The van der Waals surface area contributed by atoms with E-state index in [1.807, 2.05) is 18.2 Å². The maximum Gasteiger partial charge on any atom is 0.262 e. The minimum Gasteiger partial charge on any atom is -0.483 e. The molecule has 1 aliphatic heterocycles. The van der Waals surface area contributed by atoms with Crippen LogP contribution in [-0.2, 0) is 14.8 Å². The van der Waals surface area contributed by atoms with Gasteiger partial charge in [0.05, 0.1) is 9.37 Å². The third kappa shape index (κ3) is 4.92. The van der Waals surface area contributed by atoms with E-state index >= 15 is 0 Å². The number of halogens is 1. The van der Waals surface area contributed by atoms with Crippen LogP contribution in [0.1, 0.15) is 24.8 Å². The van der Waals surface area contributed by atoms with E-state index in [4.69, 9.17) is 4.74 Å². The van der Waals surface area contributed by atoms with Gasteiger partial charge in [0.15, 0.2) is 6.61 Å². The lowest BCUT2D eigenvalue weighted by Gasteiger charge is -2.26. The average molecular weight is 467 g/mol. The fraction of sp³-hybridized carbons (Fsp3) is 0.350. The molecule has 1 heterocycles. The molecular formula is C20H23BrN2O4S. The normalized spacial score (nSPS) is 15.2. The van der Waals surface area contributed by atoms with Crippen LogP contribution in [0.3, 0.4) is 0 Å². The molecule has 0 unspecified atom stereocenters. The molecule has 1 fully saturated rings. The van der Waals surface area contributed by atoms with Crippen LogP contribution in [0, 0.1) is 6.92 Å². The summed E-state index contributed by atoms with van der Waals surface area (Å²) in [5.41, 5.74) is 1.09. The van der Waals surface area contributed by atoms with Crippen molar-refractivity contribution in [2.45, 2.75) is 31.1 Å². The highest BCUT2D eigenvalue weighted by Gasteiger charge is 2.27. The third-order valence-corrected chi connectivity index (χ3v) is 7.30. The molecule has 0 atom stereocenters. The molecule has 1 amide bonds. The zero-order valence-corrected chi connectivity index (χ0v) is 18.1. The Labute approximate surface area is 174 Å². The summed E-state index contributed by atoms with van der Waals surface area (Å²) >= 11 is 3.36. The van der Waals surface area contributed by atoms with Gasteiger partial charge in [0.1, 0.15) is 5.75 Å². The first-order valence-corrected chi connectivity index (χ1v) is 11.4. The number of nitrogens with zero attached hydrogens (tertiary/aromatic N) is 1. The number of carbonyl (C=O) groups excluding carboxylic acids is 1. The van der Waals surface area contributed by atoms with Crippen LogP contribution in [0.25, 0.3) is 0 Å². The summed E-state index contributed by atoms with van der Waals surface area (Å²) in [4.78, 5) is 12.5. The van der Waals surface area contributed by atoms with Gasteiger partial charge in [-0.1, -0.05) is 24.6 Å². The number of carbonyl (C=O) groups is 1. The van der Waals surface area contributed by atoms with E-state index in [0.29, 0.717) is 30.1 Å². The van der Waals surface area contributed by atoms with Crippen molar-refractivity contribution in [3.63, 3.8) is 0 Å². The minimum absolute atomic E-state index is 0.176. The van der Waals surface area contributed by atoms with E-state index in [-0.39, 0.29) is 17.4 Å². The van der Waals surface area contributed by atoms with Crippen LogP contribution in [0.15, 0.2) is 51.8 Å². The lowest BCUT2D eigenvalue weighted by molar-refractivity contribution is -0.118. The number of hydrogen-bond donors (Lipinski definition) is 1. The highest BCUT2D eigenvalue weighted by atomic mass is 79.9. The van der Waals surface area contributed by atoms with Gasteiger partial charge in [-0.05, 0) is 65.5 Å². The van der Waals surface area contributed by atoms with Crippen molar-refractivity contribution in [2.24, 2.45) is 0 Å². The molecule has 1 N–H and O–H groups in total. The average Bonchev–Trinajstić information content (AvgIpc) is 2.69. The predicted molar refractivity (Wildman–Crippen MR) is 112 cm³/mol. The van der Waals surface area contributed by atoms with E-state index in [9.17, 15) is 13.2 Å². The molecule has 0 spiro atoms. The molecule has 150 valence electrons. The summed E-state index contributed by atoms with van der Waals surface area (Å²) in [6.45, 7) is 2.67. The van der Waals surface area contributed by atoms with Crippen molar-refractivity contribution in [3.8, 4) is 5.75 Å². The van der Waals surface area contributed by atoms with E-state index in [2.05, 4.69) is 21.2 Å². The SMILES string of the molecule is Cc1ccc(NC(=O)COc2ccccc2Br)cc1S(=O)(=O)N1CCCCC1. The van der Waals surface area contributed by atoms with Gasteiger partial charge in [-0.15, -0.1) is 0 Å².